The van der Waals surface area contributed by atoms with Crippen molar-refractivity contribution in [1.29, 1.82) is 0 Å². The molecule has 3 heteroatoms. The van der Waals surface area contributed by atoms with Gasteiger partial charge in [0.2, 0.25) is 0 Å². The van der Waals surface area contributed by atoms with E-state index in [1.54, 1.807) is 0 Å². The fourth-order valence-corrected chi connectivity index (χ4v) is 2.24. The third kappa shape index (κ3) is 3.58. The summed E-state index contributed by atoms with van der Waals surface area (Å²) in [5, 5.41) is 3.42. The van der Waals surface area contributed by atoms with E-state index in [1.165, 1.54) is 38.0 Å². The van der Waals surface area contributed by atoms with Gasteiger partial charge >= 0.3 is 0 Å². The lowest BCUT2D eigenvalue weighted by Crippen LogP contribution is -2.22. The molecule has 1 N–H and O–H groups in total. The van der Waals surface area contributed by atoms with Crippen LogP contribution in [-0.4, -0.2) is 36.6 Å². The van der Waals surface area contributed by atoms with Crippen LogP contribution >= 0.6 is 0 Å². The summed E-state index contributed by atoms with van der Waals surface area (Å²) >= 11 is 0. The van der Waals surface area contributed by atoms with Crippen LogP contribution in [0.5, 0.6) is 0 Å². The van der Waals surface area contributed by atoms with Crippen LogP contribution in [0.2, 0.25) is 0 Å². The van der Waals surface area contributed by atoms with Gasteiger partial charge in [-0.15, -0.1) is 0 Å². The molecule has 1 saturated heterocycles. The van der Waals surface area contributed by atoms with Crippen LogP contribution < -0.4 is 5.32 Å². The zero-order valence-corrected chi connectivity index (χ0v) is 10.0. The smallest absolute Gasteiger partial charge is 0.0271 e. The summed E-state index contributed by atoms with van der Waals surface area (Å²) < 4.78 is 0. The first-order valence-electron chi connectivity index (χ1n) is 6.13. The lowest BCUT2D eigenvalue weighted by molar-refractivity contribution is 0.298. The van der Waals surface area contributed by atoms with Crippen molar-refractivity contribution in [2.45, 2.75) is 19.4 Å². The van der Waals surface area contributed by atoms with Crippen molar-refractivity contribution in [3.63, 3.8) is 0 Å². The first kappa shape index (κ1) is 11.6. The predicted molar refractivity (Wildman–Crippen MR) is 66.2 cm³/mol. The van der Waals surface area contributed by atoms with Crippen molar-refractivity contribution in [2.75, 3.05) is 26.7 Å². The van der Waals surface area contributed by atoms with Crippen molar-refractivity contribution in [3.8, 4) is 0 Å². The highest BCUT2D eigenvalue weighted by molar-refractivity contribution is 5.09. The average Bonchev–Trinajstić information content (AvgIpc) is 2.81. The Morgan fingerprint density at radius 1 is 1.44 bits per heavy atom. The molecule has 1 aliphatic heterocycles. The summed E-state index contributed by atoms with van der Waals surface area (Å²) in [6.07, 6.45) is 6.39. The van der Waals surface area contributed by atoms with Crippen molar-refractivity contribution in [1.82, 2.24) is 15.2 Å². The summed E-state index contributed by atoms with van der Waals surface area (Å²) in [7, 11) is 2.20. The van der Waals surface area contributed by atoms with Gasteiger partial charge in [-0.25, -0.2) is 0 Å². The molecule has 0 saturated carbocycles. The van der Waals surface area contributed by atoms with Crippen LogP contribution in [0.3, 0.4) is 0 Å². The number of aromatic nitrogens is 1. The Balaban J connectivity index is 1.69. The molecule has 1 fully saturated rings. The molecule has 3 nitrogen and oxygen atoms in total. The fourth-order valence-electron chi connectivity index (χ4n) is 2.24. The first-order chi connectivity index (χ1) is 7.84. The highest BCUT2D eigenvalue weighted by atomic mass is 15.1. The number of rotatable bonds is 5. The number of hydrogen-bond acceptors (Lipinski definition) is 3. The minimum atomic E-state index is 0.889. The van der Waals surface area contributed by atoms with E-state index >= 15 is 0 Å². The third-order valence-corrected chi connectivity index (χ3v) is 3.28. The van der Waals surface area contributed by atoms with Gasteiger partial charge in [-0.3, -0.25) is 4.98 Å². The highest BCUT2D eigenvalue weighted by Gasteiger charge is 2.14. The molecule has 0 radical (unpaired) electrons. The Morgan fingerprint density at radius 2 is 2.25 bits per heavy atom. The van der Waals surface area contributed by atoms with Gasteiger partial charge in [-0.2, -0.15) is 0 Å². The minimum Gasteiger partial charge on any atom is -0.316 e. The normalized spacial score (nSPS) is 20.5. The third-order valence-electron chi connectivity index (χ3n) is 3.28. The monoisotopic (exact) mass is 219 g/mol. The zero-order chi connectivity index (χ0) is 11.2. The maximum Gasteiger partial charge on any atom is 0.0271 e. The van der Waals surface area contributed by atoms with E-state index in [2.05, 4.69) is 34.4 Å². The second-order valence-electron chi connectivity index (χ2n) is 4.74. The SMILES string of the molecule is CN(CCC1CCNC1)Cc1ccncc1. The molecule has 0 aliphatic carbocycles. The second kappa shape index (κ2) is 5.97. The maximum atomic E-state index is 4.03. The van der Waals surface area contributed by atoms with Crippen molar-refractivity contribution < 1.29 is 0 Å². The lowest BCUT2D eigenvalue weighted by atomic mass is 10.0. The van der Waals surface area contributed by atoms with Crippen LogP contribution in [0.1, 0.15) is 18.4 Å². The molecular weight excluding hydrogens is 198 g/mol. The zero-order valence-electron chi connectivity index (χ0n) is 10.0. The predicted octanol–water partition coefficient (Wildman–Crippen LogP) is 1.51. The van der Waals surface area contributed by atoms with Crippen LogP contribution in [0.25, 0.3) is 0 Å². The minimum absolute atomic E-state index is 0.889. The van der Waals surface area contributed by atoms with Crippen LogP contribution in [-0.2, 0) is 6.54 Å². The van der Waals surface area contributed by atoms with Crippen LogP contribution in [0.15, 0.2) is 24.5 Å². The summed E-state index contributed by atoms with van der Waals surface area (Å²) in [5.74, 6) is 0.889. The van der Waals surface area contributed by atoms with E-state index < -0.39 is 0 Å². The fraction of sp³-hybridized carbons (Fsp3) is 0.615. The van der Waals surface area contributed by atoms with Gasteiger partial charge in [-0.05, 0) is 63.1 Å². The molecule has 1 aromatic heterocycles. The van der Waals surface area contributed by atoms with Gasteiger partial charge < -0.3 is 10.2 Å². The number of nitrogens with zero attached hydrogens (tertiary/aromatic N) is 2. The second-order valence-corrected chi connectivity index (χ2v) is 4.74. The van der Waals surface area contributed by atoms with E-state index in [4.69, 9.17) is 0 Å². The Hall–Kier alpha value is -0.930. The summed E-state index contributed by atoms with van der Waals surface area (Å²) in [4.78, 5) is 6.43. The molecule has 88 valence electrons. The molecule has 1 aliphatic rings. The average molecular weight is 219 g/mol. The maximum absolute atomic E-state index is 4.03. The molecule has 1 atom stereocenters. The van der Waals surface area contributed by atoms with Gasteiger partial charge in [0, 0.05) is 18.9 Å². The Labute approximate surface area is 97.9 Å². The molecule has 1 unspecified atom stereocenters. The van der Waals surface area contributed by atoms with E-state index in [1.807, 2.05) is 12.4 Å². The quantitative estimate of drug-likeness (QED) is 0.813. The van der Waals surface area contributed by atoms with Crippen molar-refractivity contribution >= 4 is 0 Å². The molecule has 16 heavy (non-hydrogen) atoms. The number of hydrogen-bond donors (Lipinski definition) is 1. The van der Waals surface area contributed by atoms with E-state index in [0.29, 0.717) is 0 Å². The first-order valence-corrected chi connectivity index (χ1v) is 6.13. The highest BCUT2D eigenvalue weighted by Crippen LogP contribution is 2.13. The van der Waals surface area contributed by atoms with Gasteiger partial charge in [-0.1, -0.05) is 0 Å². The molecule has 1 aromatic rings. The Bertz CT molecular complexity index is 293. The van der Waals surface area contributed by atoms with E-state index in [-0.39, 0.29) is 0 Å². The summed E-state index contributed by atoms with van der Waals surface area (Å²) in [6.45, 7) is 4.64. The molecular formula is C13H21N3. The van der Waals surface area contributed by atoms with Gasteiger partial charge in [0.1, 0.15) is 0 Å². The van der Waals surface area contributed by atoms with Gasteiger partial charge in [0.15, 0.2) is 0 Å². The largest absolute Gasteiger partial charge is 0.316 e. The molecule has 0 bridgehead atoms. The molecule has 0 amide bonds. The van der Waals surface area contributed by atoms with Crippen LogP contribution in [0, 0.1) is 5.92 Å². The Kier molecular flexibility index (Phi) is 4.31. The van der Waals surface area contributed by atoms with Crippen molar-refractivity contribution in [2.24, 2.45) is 5.92 Å². The molecule has 2 heterocycles. The number of pyridine rings is 1. The molecule has 0 spiro atoms. The standard InChI is InChI=1S/C13H21N3/c1-16(9-5-12-2-8-15-10-12)11-13-3-6-14-7-4-13/h3-4,6-7,12,15H,2,5,8-11H2,1H3. The molecule has 2 rings (SSSR count). The van der Waals surface area contributed by atoms with Crippen molar-refractivity contribution in [3.05, 3.63) is 30.1 Å². The number of nitrogens with one attached hydrogen (secondary N) is 1. The van der Waals surface area contributed by atoms with Gasteiger partial charge in [0.25, 0.3) is 0 Å². The summed E-state index contributed by atoms with van der Waals surface area (Å²) in [5.41, 5.74) is 1.35. The van der Waals surface area contributed by atoms with E-state index in [0.717, 1.165) is 12.5 Å². The molecule has 0 aromatic carbocycles. The Morgan fingerprint density at radius 3 is 2.94 bits per heavy atom. The van der Waals surface area contributed by atoms with Gasteiger partial charge in [0.05, 0.1) is 0 Å². The van der Waals surface area contributed by atoms with E-state index in [9.17, 15) is 0 Å². The topological polar surface area (TPSA) is 28.2 Å². The lowest BCUT2D eigenvalue weighted by Gasteiger charge is -2.18. The summed E-state index contributed by atoms with van der Waals surface area (Å²) in [6, 6.07) is 4.18. The van der Waals surface area contributed by atoms with Crippen LogP contribution in [0.4, 0.5) is 0 Å².